The Kier molecular flexibility index (Phi) is 4.42. The van der Waals surface area contributed by atoms with Crippen LogP contribution in [0.25, 0.3) is 0 Å². The molecule has 0 aromatic carbocycles. The zero-order valence-corrected chi connectivity index (χ0v) is 8.01. The van der Waals surface area contributed by atoms with Crippen molar-refractivity contribution in [1.82, 2.24) is 10.3 Å². The van der Waals surface area contributed by atoms with Crippen LogP contribution >= 0.6 is 11.3 Å². The topological polar surface area (TPSA) is 62.2 Å². The third-order valence-electron chi connectivity index (χ3n) is 1.48. The van der Waals surface area contributed by atoms with E-state index < -0.39 is 0 Å². The predicted octanol–water partition coefficient (Wildman–Crippen LogP) is 0.532. The number of thiazole rings is 1. The summed E-state index contributed by atoms with van der Waals surface area (Å²) >= 11 is 1.51. The summed E-state index contributed by atoms with van der Waals surface area (Å²) < 4.78 is 0. The lowest BCUT2D eigenvalue weighted by Gasteiger charge is -2.00. The van der Waals surface area contributed by atoms with Gasteiger partial charge in [-0.3, -0.25) is 4.79 Å². The van der Waals surface area contributed by atoms with E-state index in [9.17, 15) is 4.79 Å². The fourth-order valence-corrected chi connectivity index (χ4v) is 1.40. The maximum Gasteiger partial charge on any atom is 0.220 e. The normalized spacial score (nSPS) is 9.92. The van der Waals surface area contributed by atoms with Crippen LogP contribution in [0.1, 0.15) is 17.8 Å². The molecule has 1 amide bonds. The standard InChI is InChI=1S/C8H12N2O2S/c11-4-1-2-7(12)10-6-8-9-3-5-13-8/h3,5,11H,1-2,4,6H2,(H,10,12). The van der Waals surface area contributed by atoms with Crippen LogP contribution in [0.15, 0.2) is 11.6 Å². The summed E-state index contributed by atoms with van der Waals surface area (Å²) in [4.78, 5) is 15.1. The molecule has 0 atom stereocenters. The van der Waals surface area contributed by atoms with Gasteiger partial charge >= 0.3 is 0 Å². The first-order chi connectivity index (χ1) is 6.33. The highest BCUT2D eigenvalue weighted by molar-refractivity contribution is 7.09. The average molecular weight is 200 g/mol. The highest BCUT2D eigenvalue weighted by atomic mass is 32.1. The molecular formula is C8H12N2O2S. The molecule has 72 valence electrons. The number of nitrogens with zero attached hydrogens (tertiary/aromatic N) is 1. The molecule has 0 radical (unpaired) electrons. The summed E-state index contributed by atoms with van der Waals surface area (Å²) in [5.41, 5.74) is 0. The summed E-state index contributed by atoms with van der Waals surface area (Å²) in [6.45, 7) is 0.548. The summed E-state index contributed by atoms with van der Waals surface area (Å²) in [7, 11) is 0. The van der Waals surface area contributed by atoms with Crippen LogP contribution in [-0.4, -0.2) is 22.6 Å². The monoisotopic (exact) mass is 200 g/mol. The first-order valence-corrected chi connectivity index (χ1v) is 4.97. The molecule has 0 bridgehead atoms. The molecule has 5 heteroatoms. The zero-order valence-electron chi connectivity index (χ0n) is 7.19. The van der Waals surface area contributed by atoms with Gasteiger partial charge in [0.25, 0.3) is 0 Å². The summed E-state index contributed by atoms with van der Waals surface area (Å²) in [5, 5.41) is 14.0. The fraction of sp³-hybridized carbons (Fsp3) is 0.500. The van der Waals surface area contributed by atoms with Crippen molar-refractivity contribution in [3.05, 3.63) is 16.6 Å². The third-order valence-corrected chi connectivity index (χ3v) is 2.26. The molecule has 0 unspecified atom stereocenters. The van der Waals surface area contributed by atoms with Gasteiger partial charge in [0.15, 0.2) is 0 Å². The van der Waals surface area contributed by atoms with Gasteiger partial charge in [0.05, 0.1) is 6.54 Å². The van der Waals surface area contributed by atoms with Crippen molar-refractivity contribution >= 4 is 17.2 Å². The highest BCUT2D eigenvalue weighted by Crippen LogP contribution is 2.02. The lowest BCUT2D eigenvalue weighted by atomic mass is 10.3. The first kappa shape index (κ1) is 10.1. The van der Waals surface area contributed by atoms with E-state index in [1.807, 2.05) is 5.38 Å². The molecule has 0 aliphatic rings. The van der Waals surface area contributed by atoms with Crippen molar-refractivity contribution in [3.63, 3.8) is 0 Å². The Morgan fingerprint density at radius 3 is 3.15 bits per heavy atom. The molecule has 1 aromatic rings. The Labute approximate surface area is 80.6 Å². The number of aliphatic hydroxyl groups excluding tert-OH is 1. The summed E-state index contributed by atoms with van der Waals surface area (Å²) in [6.07, 6.45) is 2.60. The molecule has 0 saturated carbocycles. The molecule has 2 N–H and O–H groups in total. The summed E-state index contributed by atoms with van der Waals surface area (Å²) in [5.74, 6) is -0.0377. The average Bonchev–Trinajstić information content (AvgIpc) is 2.64. The number of hydrogen-bond donors (Lipinski definition) is 2. The maximum absolute atomic E-state index is 11.1. The minimum absolute atomic E-state index is 0.0377. The van der Waals surface area contributed by atoms with Crippen LogP contribution in [0.3, 0.4) is 0 Å². The minimum atomic E-state index is -0.0377. The number of nitrogens with one attached hydrogen (secondary N) is 1. The second-order valence-electron chi connectivity index (χ2n) is 2.53. The van der Waals surface area contributed by atoms with Gasteiger partial charge in [0, 0.05) is 24.6 Å². The van der Waals surface area contributed by atoms with Gasteiger partial charge in [-0.25, -0.2) is 4.98 Å². The van der Waals surface area contributed by atoms with E-state index in [0.717, 1.165) is 5.01 Å². The smallest absolute Gasteiger partial charge is 0.220 e. The van der Waals surface area contributed by atoms with Gasteiger partial charge in [-0.05, 0) is 6.42 Å². The van der Waals surface area contributed by atoms with Crippen LogP contribution in [0, 0.1) is 0 Å². The van der Waals surface area contributed by atoms with Crippen LogP contribution < -0.4 is 5.32 Å². The number of hydrogen-bond acceptors (Lipinski definition) is 4. The van der Waals surface area contributed by atoms with Crippen molar-refractivity contribution < 1.29 is 9.90 Å². The van der Waals surface area contributed by atoms with E-state index in [0.29, 0.717) is 19.4 Å². The Morgan fingerprint density at radius 2 is 2.54 bits per heavy atom. The van der Waals surface area contributed by atoms with Gasteiger partial charge in [0.1, 0.15) is 5.01 Å². The SMILES string of the molecule is O=C(CCCO)NCc1nccs1. The lowest BCUT2D eigenvalue weighted by molar-refractivity contribution is -0.121. The van der Waals surface area contributed by atoms with Crippen molar-refractivity contribution in [2.45, 2.75) is 19.4 Å². The van der Waals surface area contributed by atoms with Crippen LogP contribution in [0.5, 0.6) is 0 Å². The molecule has 13 heavy (non-hydrogen) atoms. The van der Waals surface area contributed by atoms with Crippen LogP contribution in [0.2, 0.25) is 0 Å². The summed E-state index contributed by atoms with van der Waals surface area (Å²) in [6, 6.07) is 0. The van der Waals surface area contributed by atoms with Crippen molar-refractivity contribution in [2.24, 2.45) is 0 Å². The van der Waals surface area contributed by atoms with Gasteiger partial charge in [-0.15, -0.1) is 11.3 Å². The molecular weight excluding hydrogens is 188 g/mol. The number of carbonyl (C=O) groups is 1. The molecule has 4 nitrogen and oxygen atoms in total. The zero-order chi connectivity index (χ0) is 9.52. The maximum atomic E-state index is 11.1. The van der Waals surface area contributed by atoms with Crippen molar-refractivity contribution in [3.8, 4) is 0 Å². The number of aromatic nitrogens is 1. The molecule has 0 saturated heterocycles. The lowest BCUT2D eigenvalue weighted by Crippen LogP contribution is -2.22. The first-order valence-electron chi connectivity index (χ1n) is 4.09. The Bertz CT molecular complexity index is 249. The fourth-order valence-electron chi connectivity index (χ4n) is 0.842. The molecule has 1 heterocycles. The van der Waals surface area contributed by atoms with E-state index in [-0.39, 0.29) is 12.5 Å². The Morgan fingerprint density at radius 1 is 1.69 bits per heavy atom. The number of amides is 1. The van der Waals surface area contributed by atoms with E-state index >= 15 is 0 Å². The number of aliphatic hydroxyl groups is 1. The van der Waals surface area contributed by atoms with E-state index in [1.54, 1.807) is 6.20 Å². The predicted molar refractivity (Wildman–Crippen MR) is 50.3 cm³/mol. The molecule has 0 fully saturated rings. The Balaban J connectivity index is 2.15. The number of rotatable bonds is 5. The second kappa shape index (κ2) is 5.66. The Hall–Kier alpha value is -0.940. The molecule has 1 aromatic heterocycles. The molecule has 0 spiro atoms. The molecule has 1 rings (SSSR count). The van der Waals surface area contributed by atoms with Crippen molar-refractivity contribution in [1.29, 1.82) is 0 Å². The highest BCUT2D eigenvalue weighted by Gasteiger charge is 2.01. The molecule has 0 aliphatic heterocycles. The van der Waals surface area contributed by atoms with E-state index in [2.05, 4.69) is 10.3 Å². The van der Waals surface area contributed by atoms with Gasteiger partial charge in [-0.2, -0.15) is 0 Å². The quantitative estimate of drug-likeness (QED) is 0.729. The number of carbonyl (C=O) groups excluding carboxylic acids is 1. The largest absolute Gasteiger partial charge is 0.396 e. The van der Waals surface area contributed by atoms with E-state index in [4.69, 9.17) is 5.11 Å². The van der Waals surface area contributed by atoms with Crippen LogP contribution in [-0.2, 0) is 11.3 Å². The molecule has 0 aliphatic carbocycles. The van der Waals surface area contributed by atoms with Gasteiger partial charge in [-0.1, -0.05) is 0 Å². The minimum Gasteiger partial charge on any atom is -0.396 e. The van der Waals surface area contributed by atoms with Crippen LogP contribution in [0.4, 0.5) is 0 Å². The van der Waals surface area contributed by atoms with E-state index in [1.165, 1.54) is 11.3 Å². The third kappa shape index (κ3) is 4.00. The van der Waals surface area contributed by atoms with Gasteiger partial charge < -0.3 is 10.4 Å². The van der Waals surface area contributed by atoms with Gasteiger partial charge in [0.2, 0.25) is 5.91 Å². The van der Waals surface area contributed by atoms with Crippen molar-refractivity contribution in [2.75, 3.05) is 6.61 Å². The second-order valence-corrected chi connectivity index (χ2v) is 3.51.